The lowest BCUT2D eigenvalue weighted by molar-refractivity contribution is -0.384. The van der Waals surface area contributed by atoms with Crippen LogP contribution < -0.4 is 9.47 Å². The number of alkyl halides is 1. The second-order valence-electron chi connectivity index (χ2n) is 8.69. The largest absolute Gasteiger partial charge is 0.493 e. The summed E-state index contributed by atoms with van der Waals surface area (Å²) in [6.07, 6.45) is 1.85. The summed E-state index contributed by atoms with van der Waals surface area (Å²) in [6.45, 7) is 2.16. The Labute approximate surface area is 198 Å². The van der Waals surface area contributed by atoms with Crippen molar-refractivity contribution in [3.05, 3.63) is 63.2 Å². The van der Waals surface area contributed by atoms with Gasteiger partial charge < -0.3 is 9.47 Å². The van der Waals surface area contributed by atoms with Crippen molar-refractivity contribution in [2.45, 2.75) is 37.9 Å². The standard InChI is InChI=1S/C24H27FN2O5.ClH/c1-31-21-11-18-14-24(25,23(28)20(18)12-22(21)32-2)13-16-6-8-26(9-7-16)15-17-4-3-5-19(10-17)27(29)30;/h3-5,10-12,16H,6-9,13-15H2,1-2H3;1H. The fourth-order valence-electron chi connectivity index (χ4n) is 4.90. The Morgan fingerprint density at radius 1 is 1.15 bits per heavy atom. The zero-order valence-electron chi connectivity index (χ0n) is 18.7. The van der Waals surface area contributed by atoms with Crippen molar-refractivity contribution < 1.29 is 23.6 Å². The van der Waals surface area contributed by atoms with Gasteiger partial charge in [-0.2, -0.15) is 0 Å². The lowest BCUT2D eigenvalue weighted by atomic mass is 9.83. The lowest BCUT2D eigenvalue weighted by Crippen LogP contribution is -2.38. The van der Waals surface area contributed by atoms with E-state index in [0.717, 1.165) is 31.5 Å². The molecule has 33 heavy (non-hydrogen) atoms. The summed E-state index contributed by atoms with van der Waals surface area (Å²) in [5.74, 6) is 0.576. The van der Waals surface area contributed by atoms with E-state index in [1.54, 1.807) is 24.3 Å². The number of likely N-dealkylation sites (tertiary alicyclic amines) is 1. The molecule has 1 atom stereocenters. The Balaban J connectivity index is 0.00000306. The molecule has 7 nitrogen and oxygen atoms in total. The number of hydrogen-bond donors (Lipinski definition) is 0. The highest BCUT2D eigenvalue weighted by molar-refractivity contribution is 6.07. The Morgan fingerprint density at radius 2 is 1.82 bits per heavy atom. The molecule has 2 aliphatic rings. The van der Waals surface area contributed by atoms with E-state index in [1.807, 2.05) is 6.07 Å². The van der Waals surface area contributed by atoms with Gasteiger partial charge in [-0.1, -0.05) is 12.1 Å². The van der Waals surface area contributed by atoms with E-state index in [1.165, 1.54) is 20.3 Å². The maximum atomic E-state index is 15.8. The molecule has 0 N–H and O–H groups in total. The van der Waals surface area contributed by atoms with Gasteiger partial charge in [-0.3, -0.25) is 19.8 Å². The highest BCUT2D eigenvalue weighted by atomic mass is 35.5. The number of nitro benzene ring substituents is 1. The van der Waals surface area contributed by atoms with E-state index in [9.17, 15) is 14.9 Å². The first-order chi connectivity index (χ1) is 15.3. The van der Waals surface area contributed by atoms with Crippen LogP contribution >= 0.6 is 12.4 Å². The normalized spacial score (nSPS) is 20.8. The molecule has 0 amide bonds. The fraction of sp³-hybridized carbons (Fsp3) is 0.458. The molecule has 0 saturated carbocycles. The van der Waals surface area contributed by atoms with Gasteiger partial charge in [0, 0.05) is 30.7 Å². The summed E-state index contributed by atoms with van der Waals surface area (Å²) in [5, 5.41) is 11.0. The summed E-state index contributed by atoms with van der Waals surface area (Å²) in [5.41, 5.74) is 0.131. The minimum absolute atomic E-state index is 0. The maximum Gasteiger partial charge on any atom is 0.269 e. The molecule has 1 saturated heterocycles. The number of ether oxygens (including phenoxy) is 2. The molecule has 0 bridgehead atoms. The molecule has 4 rings (SSSR count). The average molecular weight is 479 g/mol. The van der Waals surface area contributed by atoms with E-state index >= 15 is 4.39 Å². The Bertz CT molecular complexity index is 1040. The summed E-state index contributed by atoms with van der Waals surface area (Å²) >= 11 is 0. The lowest BCUT2D eigenvalue weighted by Gasteiger charge is -2.34. The molecule has 0 spiro atoms. The zero-order valence-corrected chi connectivity index (χ0v) is 19.5. The van der Waals surface area contributed by atoms with E-state index in [-0.39, 0.29) is 36.9 Å². The van der Waals surface area contributed by atoms with Crippen molar-refractivity contribution in [1.29, 1.82) is 0 Å². The number of fused-ring (bicyclic) bond motifs is 1. The van der Waals surface area contributed by atoms with Crippen LogP contribution in [0.4, 0.5) is 10.1 Å². The molecule has 0 aromatic heterocycles. The van der Waals surface area contributed by atoms with Crippen LogP contribution in [0.2, 0.25) is 0 Å². The monoisotopic (exact) mass is 478 g/mol. The van der Waals surface area contributed by atoms with Crippen molar-refractivity contribution in [2.24, 2.45) is 5.92 Å². The van der Waals surface area contributed by atoms with Gasteiger partial charge in [-0.05, 0) is 61.5 Å². The van der Waals surface area contributed by atoms with E-state index in [4.69, 9.17) is 9.47 Å². The number of nitrogens with zero attached hydrogens (tertiary/aromatic N) is 2. The van der Waals surface area contributed by atoms with Crippen molar-refractivity contribution in [3.63, 3.8) is 0 Å². The van der Waals surface area contributed by atoms with Crippen LogP contribution in [-0.4, -0.2) is 48.6 Å². The summed E-state index contributed by atoms with van der Waals surface area (Å²) in [4.78, 5) is 25.7. The highest BCUT2D eigenvalue weighted by Gasteiger charge is 2.48. The van der Waals surface area contributed by atoms with Gasteiger partial charge in [-0.15, -0.1) is 12.4 Å². The summed E-state index contributed by atoms with van der Waals surface area (Å²) in [6, 6.07) is 9.94. The van der Waals surface area contributed by atoms with Gasteiger partial charge in [0.15, 0.2) is 17.2 Å². The van der Waals surface area contributed by atoms with Crippen LogP contribution in [0.5, 0.6) is 11.5 Å². The van der Waals surface area contributed by atoms with Crippen LogP contribution in [0.3, 0.4) is 0 Å². The quantitative estimate of drug-likeness (QED) is 0.420. The number of nitro groups is 1. The fourth-order valence-corrected chi connectivity index (χ4v) is 4.90. The van der Waals surface area contributed by atoms with Crippen molar-refractivity contribution >= 4 is 23.9 Å². The van der Waals surface area contributed by atoms with Gasteiger partial charge in [0.1, 0.15) is 0 Å². The number of carbonyl (C=O) groups excluding carboxylic acids is 1. The molecule has 2 aromatic carbocycles. The first-order valence-corrected chi connectivity index (χ1v) is 10.8. The SMILES string of the molecule is COc1cc2c(cc1OC)C(=O)C(F)(CC1CCN(Cc3cccc([N+](=O)[O-])c3)CC1)C2.Cl. The van der Waals surface area contributed by atoms with Crippen molar-refractivity contribution in [3.8, 4) is 11.5 Å². The number of hydrogen-bond acceptors (Lipinski definition) is 6. The van der Waals surface area contributed by atoms with Gasteiger partial charge >= 0.3 is 0 Å². The number of Topliss-reactive ketones (excluding diaryl/α,β-unsaturated/α-hetero) is 1. The number of rotatable bonds is 7. The number of non-ortho nitro benzene ring substituents is 1. The second kappa shape index (κ2) is 10.1. The van der Waals surface area contributed by atoms with E-state index < -0.39 is 16.4 Å². The highest BCUT2D eigenvalue weighted by Crippen LogP contribution is 2.43. The number of ketones is 1. The van der Waals surface area contributed by atoms with Gasteiger partial charge in [-0.25, -0.2) is 4.39 Å². The van der Waals surface area contributed by atoms with Crippen molar-refractivity contribution in [1.82, 2.24) is 4.90 Å². The predicted molar refractivity (Wildman–Crippen MR) is 124 cm³/mol. The smallest absolute Gasteiger partial charge is 0.269 e. The molecule has 178 valence electrons. The third-order valence-corrected chi connectivity index (χ3v) is 6.58. The Hall–Kier alpha value is -2.71. The Morgan fingerprint density at radius 3 is 2.45 bits per heavy atom. The molecule has 2 aromatic rings. The topological polar surface area (TPSA) is 81.9 Å². The zero-order chi connectivity index (χ0) is 22.9. The van der Waals surface area contributed by atoms with Crippen LogP contribution in [0, 0.1) is 16.0 Å². The molecule has 1 unspecified atom stereocenters. The maximum absolute atomic E-state index is 15.8. The minimum atomic E-state index is -1.90. The third kappa shape index (κ3) is 5.12. The molecular weight excluding hydrogens is 451 g/mol. The number of piperidine rings is 1. The van der Waals surface area contributed by atoms with Gasteiger partial charge in [0.05, 0.1) is 19.1 Å². The van der Waals surface area contributed by atoms with Gasteiger partial charge in [0.2, 0.25) is 5.78 Å². The molecule has 1 heterocycles. The number of halogens is 2. The molecule has 1 aliphatic heterocycles. The van der Waals surface area contributed by atoms with E-state index in [0.29, 0.717) is 29.2 Å². The van der Waals surface area contributed by atoms with Gasteiger partial charge in [0.25, 0.3) is 5.69 Å². The van der Waals surface area contributed by atoms with Crippen LogP contribution in [0.15, 0.2) is 36.4 Å². The first kappa shape index (κ1) is 24.9. The number of carbonyl (C=O) groups is 1. The molecule has 0 radical (unpaired) electrons. The molecular formula is C24H28ClFN2O5. The third-order valence-electron chi connectivity index (χ3n) is 6.58. The molecule has 1 aliphatic carbocycles. The Kier molecular flexibility index (Phi) is 7.59. The summed E-state index contributed by atoms with van der Waals surface area (Å²) < 4.78 is 26.4. The van der Waals surface area contributed by atoms with Crippen molar-refractivity contribution in [2.75, 3.05) is 27.3 Å². The second-order valence-corrected chi connectivity index (χ2v) is 8.69. The minimum Gasteiger partial charge on any atom is -0.493 e. The first-order valence-electron chi connectivity index (χ1n) is 10.8. The summed E-state index contributed by atoms with van der Waals surface area (Å²) in [7, 11) is 3.01. The van der Waals surface area contributed by atoms with E-state index in [2.05, 4.69) is 4.90 Å². The predicted octanol–water partition coefficient (Wildman–Crippen LogP) is 4.78. The van der Waals surface area contributed by atoms with Crippen LogP contribution in [0.1, 0.15) is 40.7 Å². The molecule has 9 heteroatoms. The average Bonchev–Trinajstić information content (AvgIpc) is 3.03. The van der Waals surface area contributed by atoms with Crippen LogP contribution in [-0.2, 0) is 13.0 Å². The number of benzene rings is 2. The van der Waals surface area contributed by atoms with Crippen LogP contribution in [0.25, 0.3) is 0 Å². The molecule has 1 fully saturated rings. The number of methoxy groups -OCH3 is 2.